The Morgan fingerprint density at radius 3 is 2.58 bits per heavy atom. The highest BCUT2D eigenvalue weighted by molar-refractivity contribution is 6.02. The Labute approximate surface area is 208 Å². The lowest BCUT2D eigenvalue weighted by molar-refractivity contribution is -0.139. The van der Waals surface area contributed by atoms with Crippen LogP contribution in [0.15, 0.2) is 53.1 Å². The maximum atomic E-state index is 13.0. The number of hydrogen-bond donors (Lipinski definition) is 2. The van der Waals surface area contributed by atoms with Crippen molar-refractivity contribution in [1.29, 1.82) is 5.41 Å². The van der Waals surface area contributed by atoms with Crippen LogP contribution in [0, 0.1) is 5.41 Å². The number of anilines is 2. The number of rotatable bonds is 6. The number of para-hydroxylation sites is 1. The van der Waals surface area contributed by atoms with Crippen LogP contribution in [0.1, 0.15) is 37.1 Å². The predicted octanol–water partition coefficient (Wildman–Crippen LogP) is 3.90. The summed E-state index contributed by atoms with van der Waals surface area (Å²) < 4.78 is 11.0. The average Bonchev–Trinajstić information content (AvgIpc) is 3.56. The smallest absolute Gasteiger partial charge is 0.415 e. The molecule has 0 aliphatic carbocycles. The maximum Gasteiger partial charge on any atom is 0.415 e. The van der Waals surface area contributed by atoms with E-state index in [2.05, 4.69) is 15.5 Å². The van der Waals surface area contributed by atoms with E-state index >= 15 is 0 Å². The van der Waals surface area contributed by atoms with Crippen molar-refractivity contribution in [2.45, 2.75) is 31.8 Å². The monoisotopic (exact) mass is 488 g/mol. The second-order valence-corrected chi connectivity index (χ2v) is 9.01. The first-order valence-corrected chi connectivity index (χ1v) is 12.0. The first-order valence-electron chi connectivity index (χ1n) is 12.0. The van der Waals surface area contributed by atoms with Crippen molar-refractivity contribution in [2.75, 3.05) is 36.9 Å². The summed E-state index contributed by atoms with van der Waals surface area (Å²) >= 11 is 0. The van der Waals surface area contributed by atoms with E-state index in [0.29, 0.717) is 49.0 Å². The summed E-state index contributed by atoms with van der Waals surface area (Å²) in [5.74, 6) is 0.924. The van der Waals surface area contributed by atoms with E-state index in [4.69, 9.17) is 14.7 Å². The molecule has 3 heterocycles. The topological polar surface area (TPSA) is 125 Å². The van der Waals surface area contributed by atoms with Crippen molar-refractivity contribution in [3.05, 3.63) is 60.0 Å². The molecule has 5 rings (SSSR count). The zero-order valence-corrected chi connectivity index (χ0v) is 20.2. The molecule has 2 aliphatic heterocycles. The predicted molar refractivity (Wildman–Crippen MR) is 134 cm³/mol. The molecule has 0 spiro atoms. The van der Waals surface area contributed by atoms with E-state index < -0.39 is 12.2 Å². The van der Waals surface area contributed by atoms with Gasteiger partial charge in [0, 0.05) is 54.3 Å². The first-order chi connectivity index (χ1) is 17.4. The molecule has 0 saturated carbocycles. The van der Waals surface area contributed by atoms with Crippen LogP contribution in [0.5, 0.6) is 0 Å². The van der Waals surface area contributed by atoms with E-state index in [1.165, 1.54) is 4.90 Å². The van der Waals surface area contributed by atoms with Gasteiger partial charge in [-0.05, 0) is 38.0 Å². The van der Waals surface area contributed by atoms with Crippen LogP contribution in [0.25, 0.3) is 11.4 Å². The molecule has 2 N–H and O–H groups in total. The van der Waals surface area contributed by atoms with Gasteiger partial charge in [0.25, 0.3) is 5.91 Å². The number of nitrogens with one attached hydrogen (secondary N) is 2. The number of carbonyl (C=O) groups excluding carboxylic acids is 2. The van der Waals surface area contributed by atoms with Gasteiger partial charge in [0.1, 0.15) is 0 Å². The van der Waals surface area contributed by atoms with Crippen LogP contribution in [-0.2, 0) is 9.53 Å². The average molecular weight is 489 g/mol. The molecule has 10 heteroatoms. The minimum atomic E-state index is -0.807. The van der Waals surface area contributed by atoms with Crippen LogP contribution >= 0.6 is 0 Å². The summed E-state index contributed by atoms with van der Waals surface area (Å²) in [6, 6.07) is 14.9. The molecule has 186 valence electrons. The largest absolute Gasteiger partial charge is 0.434 e. The zero-order valence-electron chi connectivity index (χ0n) is 20.2. The highest BCUT2D eigenvalue weighted by Gasteiger charge is 2.40. The zero-order chi connectivity index (χ0) is 25.2. The number of cyclic esters (lactones) is 1. The quantitative estimate of drug-likeness (QED) is 0.504. The molecule has 10 nitrogen and oxygen atoms in total. The molecule has 1 aromatic heterocycles. The number of piperidine rings is 1. The molecule has 36 heavy (non-hydrogen) atoms. The van der Waals surface area contributed by atoms with E-state index in [-0.39, 0.29) is 18.4 Å². The number of hydrogen-bond acceptors (Lipinski definition) is 8. The Morgan fingerprint density at radius 1 is 1.14 bits per heavy atom. The molecule has 2 aliphatic rings. The van der Waals surface area contributed by atoms with Gasteiger partial charge >= 0.3 is 6.09 Å². The molecule has 3 aromatic rings. The van der Waals surface area contributed by atoms with Gasteiger partial charge in [0.2, 0.25) is 11.7 Å². The summed E-state index contributed by atoms with van der Waals surface area (Å²) in [5.41, 5.74) is 3.64. The fraction of sp³-hybridized carbons (Fsp3) is 0.346. The van der Waals surface area contributed by atoms with Gasteiger partial charge in [-0.1, -0.05) is 35.5 Å². The normalized spacial score (nSPS) is 18.3. The fourth-order valence-electron chi connectivity index (χ4n) is 4.70. The van der Waals surface area contributed by atoms with Gasteiger partial charge in [0.15, 0.2) is 6.10 Å². The van der Waals surface area contributed by atoms with Crippen LogP contribution in [0.3, 0.4) is 0 Å². The van der Waals surface area contributed by atoms with Crippen molar-refractivity contribution in [1.82, 2.24) is 15.0 Å². The Morgan fingerprint density at radius 2 is 1.89 bits per heavy atom. The first kappa shape index (κ1) is 23.5. The van der Waals surface area contributed by atoms with Crippen molar-refractivity contribution >= 4 is 29.1 Å². The van der Waals surface area contributed by atoms with Gasteiger partial charge < -0.3 is 24.9 Å². The summed E-state index contributed by atoms with van der Waals surface area (Å²) in [6.45, 7) is 3.00. The van der Waals surface area contributed by atoms with Crippen molar-refractivity contribution in [3.8, 4) is 11.4 Å². The molecular weight excluding hydrogens is 460 g/mol. The molecule has 2 fully saturated rings. The second kappa shape index (κ2) is 9.80. The molecule has 1 unspecified atom stereocenters. The highest BCUT2D eigenvalue weighted by Crippen LogP contribution is 2.31. The van der Waals surface area contributed by atoms with Crippen LogP contribution in [-0.4, -0.2) is 65.5 Å². The lowest BCUT2D eigenvalue weighted by Gasteiger charge is -2.31. The molecule has 0 bridgehead atoms. The number of aromatic nitrogens is 2. The van der Waals surface area contributed by atoms with Gasteiger partial charge in [0.05, 0.1) is 6.54 Å². The Balaban J connectivity index is 1.20. The molecular formula is C26H28N6O4. The van der Waals surface area contributed by atoms with Gasteiger partial charge in [-0.15, -0.1) is 0 Å². The van der Waals surface area contributed by atoms with E-state index in [1.807, 2.05) is 55.6 Å². The third-order valence-corrected chi connectivity index (χ3v) is 6.70. The Hall–Kier alpha value is -4.21. The van der Waals surface area contributed by atoms with Gasteiger partial charge in [-0.25, -0.2) is 4.79 Å². The van der Waals surface area contributed by atoms with E-state index in [0.717, 1.165) is 16.8 Å². The second-order valence-electron chi connectivity index (χ2n) is 9.01. The van der Waals surface area contributed by atoms with Gasteiger partial charge in [-0.2, -0.15) is 4.98 Å². The highest BCUT2D eigenvalue weighted by atomic mass is 16.6. The molecule has 2 amide bonds. The molecule has 2 aromatic carbocycles. The SMILES string of the molecule is CNc1cc(-c2noc(C3CCN(C(=O)C4CN(c5ccccc5)C(=O)O4)CC3)n2)ccc1C(C)=N. The Kier molecular flexibility index (Phi) is 6.41. The van der Waals surface area contributed by atoms with Crippen LogP contribution < -0.4 is 10.2 Å². The number of ether oxygens (including phenoxy) is 1. The maximum absolute atomic E-state index is 13.0. The third-order valence-electron chi connectivity index (χ3n) is 6.70. The molecule has 0 radical (unpaired) electrons. The number of likely N-dealkylation sites (tertiary alicyclic amines) is 1. The summed E-state index contributed by atoms with van der Waals surface area (Å²) in [4.78, 5) is 33.2. The molecule has 1 atom stereocenters. The minimum absolute atomic E-state index is 0.0501. The van der Waals surface area contributed by atoms with Crippen molar-refractivity contribution in [2.24, 2.45) is 0 Å². The van der Waals surface area contributed by atoms with E-state index in [9.17, 15) is 9.59 Å². The number of carbonyl (C=O) groups is 2. The van der Waals surface area contributed by atoms with Crippen LogP contribution in [0.4, 0.5) is 16.2 Å². The van der Waals surface area contributed by atoms with Crippen LogP contribution in [0.2, 0.25) is 0 Å². The lowest BCUT2D eigenvalue weighted by atomic mass is 9.96. The van der Waals surface area contributed by atoms with Crippen molar-refractivity contribution in [3.63, 3.8) is 0 Å². The number of amides is 2. The number of nitrogens with zero attached hydrogens (tertiary/aromatic N) is 4. The fourth-order valence-corrected chi connectivity index (χ4v) is 4.70. The minimum Gasteiger partial charge on any atom is -0.434 e. The summed E-state index contributed by atoms with van der Waals surface area (Å²) in [6.07, 6.45) is 0.0603. The van der Waals surface area contributed by atoms with Gasteiger partial charge in [-0.3, -0.25) is 9.69 Å². The van der Waals surface area contributed by atoms with E-state index in [1.54, 1.807) is 11.8 Å². The number of benzene rings is 2. The Bertz CT molecular complexity index is 1280. The lowest BCUT2D eigenvalue weighted by Crippen LogP contribution is -2.45. The third kappa shape index (κ3) is 4.53. The standard InChI is InChI=1S/C26H28N6O4/c1-16(27)20-9-8-18(14-21(20)28-2)23-29-24(36-30-23)17-10-12-31(13-11-17)25(33)22-15-32(26(34)35-22)19-6-4-3-5-7-19/h3-9,14,17,22,27-28H,10-13,15H2,1-2H3. The summed E-state index contributed by atoms with van der Waals surface area (Å²) in [5, 5.41) is 15.2. The van der Waals surface area contributed by atoms with Crippen molar-refractivity contribution < 1.29 is 18.8 Å². The summed E-state index contributed by atoms with van der Waals surface area (Å²) in [7, 11) is 1.81. The molecule has 2 saturated heterocycles.